The molecule has 50 valence electrons. The standard InChI is InChI=1S/CHI3O3S/c2-1(3,4)7-8(5)6/h(H,5,6)/p-1. The van der Waals surface area contributed by atoms with Gasteiger partial charge in [0.05, 0.1) is 11.4 Å². The van der Waals surface area contributed by atoms with E-state index in [1.807, 2.05) is 67.8 Å². The molecule has 0 fully saturated rings. The van der Waals surface area contributed by atoms with Crippen molar-refractivity contribution in [1.29, 1.82) is 0 Å². The first-order chi connectivity index (χ1) is 3.42. The Morgan fingerprint density at radius 3 is 1.88 bits per heavy atom. The van der Waals surface area contributed by atoms with Crippen LogP contribution in [0.15, 0.2) is 0 Å². The molecule has 0 aliphatic rings. The highest BCUT2D eigenvalue weighted by Gasteiger charge is 2.17. The molecule has 3 nitrogen and oxygen atoms in total. The van der Waals surface area contributed by atoms with Gasteiger partial charge in [-0.15, -0.1) is 0 Å². The molecule has 8 heavy (non-hydrogen) atoms. The van der Waals surface area contributed by atoms with Crippen LogP contribution in [0.2, 0.25) is 0 Å². The molecule has 0 N–H and O–H groups in total. The molecule has 1 unspecified atom stereocenters. The number of rotatable bonds is 2. The van der Waals surface area contributed by atoms with Gasteiger partial charge in [0, 0.05) is 0 Å². The third-order valence-electron chi connectivity index (χ3n) is 0.163. The monoisotopic (exact) mass is 473 g/mol. The summed E-state index contributed by atoms with van der Waals surface area (Å²) in [6, 6.07) is 0. The summed E-state index contributed by atoms with van der Waals surface area (Å²) in [6.45, 7) is 0. The molecule has 0 aliphatic carbocycles. The van der Waals surface area contributed by atoms with Gasteiger partial charge in [-0.05, 0) is 67.8 Å². The van der Waals surface area contributed by atoms with Crippen molar-refractivity contribution < 1.29 is 12.9 Å². The van der Waals surface area contributed by atoms with Crippen molar-refractivity contribution in [2.45, 2.75) is -0.379 Å². The summed E-state index contributed by atoms with van der Waals surface area (Å²) in [5, 5.41) is 0. The summed E-state index contributed by atoms with van der Waals surface area (Å²) in [4.78, 5) is 0. The second kappa shape index (κ2) is 4.20. The molecule has 0 spiro atoms. The van der Waals surface area contributed by atoms with Gasteiger partial charge in [0.2, 0.25) is -0.379 Å². The zero-order valence-corrected chi connectivity index (χ0v) is 10.6. The Kier molecular flexibility index (Phi) is 5.39. The SMILES string of the molecule is O=S([O-])OC(I)(I)I. The van der Waals surface area contributed by atoms with Gasteiger partial charge < -0.3 is 4.55 Å². The molecule has 0 aromatic carbocycles. The summed E-state index contributed by atoms with van der Waals surface area (Å²) in [7, 11) is 0. The van der Waals surface area contributed by atoms with E-state index in [9.17, 15) is 8.76 Å². The number of hydrogen-bond donors (Lipinski definition) is 0. The van der Waals surface area contributed by atoms with E-state index in [1.54, 1.807) is 0 Å². The second-order valence-corrected chi connectivity index (χ2v) is 12.1. The Hall–Kier alpha value is 2.26. The van der Waals surface area contributed by atoms with E-state index >= 15 is 0 Å². The molecule has 0 rings (SSSR count). The zero-order chi connectivity index (χ0) is 6.78. The first-order valence-electron chi connectivity index (χ1n) is 1.27. The molecular formula is CI3O3S-. The summed E-state index contributed by atoms with van der Waals surface area (Å²) in [5.41, 5.74) is 0. The van der Waals surface area contributed by atoms with Crippen LogP contribution >= 0.6 is 67.8 Å². The molecule has 0 aromatic heterocycles. The molecule has 1 atom stereocenters. The Bertz CT molecular complexity index is 97.2. The minimum absolute atomic E-state index is 0.681. The molecule has 0 aliphatic heterocycles. The fourth-order valence-electron chi connectivity index (χ4n) is 0.0772. The fraction of sp³-hybridized carbons (Fsp3) is 1.00. The first-order valence-corrected chi connectivity index (χ1v) is 5.51. The van der Waals surface area contributed by atoms with Gasteiger partial charge in [0.1, 0.15) is 0 Å². The quantitative estimate of drug-likeness (QED) is 0.349. The molecule has 0 amide bonds. The lowest BCUT2D eigenvalue weighted by Gasteiger charge is -2.13. The van der Waals surface area contributed by atoms with Gasteiger partial charge >= 0.3 is 0 Å². The van der Waals surface area contributed by atoms with Crippen molar-refractivity contribution in [2.75, 3.05) is 0 Å². The van der Waals surface area contributed by atoms with Crippen LogP contribution in [0.25, 0.3) is 0 Å². The van der Waals surface area contributed by atoms with E-state index in [1.165, 1.54) is 0 Å². The average Bonchev–Trinajstić information content (AvgIpc) is 1.21. The minimum atomic E-state index is -2.41. The van der Waals surface area contributed by atoms with Crippen LogP contribution in [-0.4, -0.2) is 8.38 Å². The topological polar surface area (TPSA) is 49.4 Å². The lowest BCUT2D eigenvalue weighted by Crippen LogP contribution is -2.07. The first kappa shape index (κ1) is 10.3. The Labute approximate surface area is 90.2 Å². The fourth-order valence-corrected chi connectivity index (χ4v) is 1.55. The molecular weight excluding hydrogens is 473 g/mol. The normalized spacial score (nSPS) is 16.0. The smallest absolute Gasteiger partial charge is 0.233 e. The van der Waals surface area contributed by atoms with E-state index in [-0.39, 0.29) is 0 Å². The predicted molar refractivity (Wildman–Crippen MR) is 54.8 cm³/mol. The van der Waals surface area contributed by atoms with Crippen molar-refractivity contribution in [2.24, 2.45) is 0 Å². The molecule has 0 aromatic rings. The summed E-state index contributed by atoms with van der Waals surface area (Å²) < 4.78 is 23.2. The Morgan fingerprint density at radius 2 is 1.88 bits per heavy atom. The van der Waals surface area contributed by atoms with Crippen LogP contribution < -0.4 is 0 Å². The van der Waals surface area contributed by atoms with Gasteiger partial charge in [-0.3, -0.25) is 4.18 Å². The molecule has 0 saturated carbocycles. The van der Waals surface area contributed by atoms with Gasteiger partial charge in [0.15, 0.2) is 0 Å². The van der Waals surface area contributed by atoms with Gasteiger partial charge in [-0.1, -0.05) is 0 Å². The number of halogens is 3. The van der Waals surface area contributed by atoms with E-state index in [0.29, 0.717) is 0 Å². The maximum atomic E-state index is 9.78. The van der Waals surface area contributed by atoms with Crippen molar-refractivity contribution >= 4 is 79.1 Å². The molecule has 0 heterocycles. The van der Waals surface area contributed by atoms with Gasteiger partial charge in [-0.2, -0.15) is 0 Å². The number of alkyl halides is 3. The van der Waals surface area contributed by atoms with Crippen molar-refractivity contribution in [3.8, 4) is 0 Å². The van der Waals surface area contributed by atoms with Crippen molar-refractivity contribution in [1.82, 2.24) is 0 Å². The predicted octanol–water partition coefficient (Wildman–Crippen LogP) is 1.71. The van der Waals surface area contributed by atoms with E-state index in [2.05, 4.69) is 4.18 Å². The second-order valence-electron chi connectivity index (χ2n) is 0.733. The minimum Gasteiger partial charge on any atom is -0.750 e. The maximum absolute atomic E-state index is 9.78. The van der Waals surface area contributed by atoms with Crippen LogP contribution in [0, 0.1) is 0 Å². The maximum Gasteiger partial charge on any atom is 0.233 e. The van der Waals surface area contributed by atoms with Gasteiger partial charge in [0.25, 0.3) is 0 Å². The largest absolute Gasteiger partial charge is 0.750 e. The van der Waals surface area contributed by atoms with Crippen LogP contribution in [0.5, 0.6) is 0 Å². The van der Waals surface area contributed by atoms with Crippen molar-refractivity contribution in [3.63, 3.8) is 0 Å². The highest BCUT2D eigenvalue weighted by Crippen LogP contribution is 2.36. The lowest BCUT2D eigenvalue weighted by molar-refractivity contribution is 0.345. The third kappa shape index (κ3) is 8.26. The van der Waals surface area contributed by atoms with Crippen LogP contribution in [0.3, 0.4) is 0 Å². The Morgan fingerprint density at radius 1 is 1.50 bits per heavy atom. The molecule has 0 bridgehead atoms. The van der Waals surface area contributed by atoms with Crippen LogP contribution in [-0.2, 0) is 15.5 Å². The molecule has 7 heteroatoms. The van der Waals surface area contributed by atoms with Crippen LogP contribution in [0.4, 0.5) is 0 Å². The summed E-state index contributed by atoms with van der Waals surface area (Å²) >= 11 is 3.14. The van der Waals surface area contributed by atoms with E-state index in [0.717, 1.165) is 0 Å². The Balaban J connectivity index is 3.55. The zero-order valence-electron chi connectivity index (χ0n) is 3.27. The van der Waals surface area contributed by atoms with Crippen molar-refractivity contribution in [3.05, 3.63) is 0 Å². The van der Waals surface area contributed by atoms with E-state index in [4.69, 9.17) is 0 Å². The number of hydrogen-bond acceptors (Lipinski definition) is 3. The van der Waals surface area contributed by atoms with E-state index < -0.39 is 11.0 Å². The van der Waals surface area contributed by atoms with Crippen LogP contribution in [0.1, 0.15) is 0 Å². The third-order valence-corrected chi connectivity index (χ3v) is 2.11. The highest BCUT2D eigenvalue weighted by atomic mass is 127. The lowest BCUT2D eigenvalue weighted by atomic mass is 11.7. The molecule has 0 radical (unpaired) electrons. The highest BCUT2D eigenvalue weighted by molar-refractivity contribution is 14.3. The summed E-state index contributed by atoms with van der Waals surface area (Å²) in [6.07, 6.45) is 0. The average molecular weight is 473 g/mol. The molecule has 0 saturated heterocycles. The van der Waals surface area contributed by atoms with Gasteiger partial charge in [-0.25, -0.2) is 4.21 Å². The summed E-state index contributed by atoms with van der Waals surface area (Å²) in [5.74, 6) is 0.